The normalized spacial score (nSPS) is 18.6. The van der Waals surface area contributed by atoms with Gasteiger partial charge in [0, 0.05) is 61.7 Å². The van der Waals surface area contributed by atoms with Crippen LogP contribution >= 0.6 is 0 Å². The Labute approximate surface area is 172 Å². The Hall–Kier alpha value is -2.28. The summed E-state index contributed by atoms with van der Waals surface area (Å²) in [6.07, 6.45) is 4.84. The molecule has 0 aromatic carbocycles. The molecule has 1 fully saturated rings. The molecule has 2 aromatic rings. The molecule has 29 heavy (non-hydrogen) atoms. The summed E-state index contributed by atoms with van der Waals surface area (Å²) in [5, 5.41) is 7.95. The van der Waals surface area contributed by atoms with Gasteiger partial charge in [-0.25, -0.2) is 9.97 Å². The maximum Gasteiger partial charge on any atom is 0.227 e. The van der Waals surface area contributed by atoms with Crippen molar-refractivity contribution in [3.63, 3.8) is 0 Å². The highest BCUT2D eigenvalue weighted by Crippen LogP contribution is 2.27. The lowest BCUT2D eigenvalue weighted by Crippen LogP contribution is -2.42. The fraction of sp³-hybridized carbons (Fsp3) is 0.636. The van der Waals surface area contributed by atoms with Crippen molar-refractivity contribution in [1.29, 1.82) is 0 Å². The summed E-state index contributed by atoms with van der Waals surface area (Å²) in [5.74, 6) is 1.47. The second kappa shape index (κ2) is 8.22. The van der Waals surface area contributed by atoms with Crippen molar-refractivity contribution in [3.8, 4) is 0 Å². The van der Waals surface area contributed by atoms with Crippen LogP contribution in [0.2, 0.25) is 0 Å². The Bertz CT molecular complexity index is 897. The van der Waals surface area contributed by atoms with E-state index in [9.17, 15) is 4.79 Å². The lowest BCUT2D eigenvalue weighted by molar-refractivity contribution is -0.136. The van der Waals surface area contributed by atoms with Crippen molar-refractivity contribution in [2.45, 2.75) is 66.0 Å². The van der Waals surface area contributed by atoms with Crippen LogP contribution in [0.25, 0.3) is 0 Å². The molecule has 0 bridgehead atoms. The van der Waals surface area contributed by atoms with Crippen LogP contribution in [-0.2, 0) is 24.3 Å². The number of likely N-dealkylation sites (tertiary alicyclic amines) is 1. The zero-order valence-corrected chi connectivity index (χ0v) is 18.0. The Kier molecular flexibility index (Phi) is 5.67. The van der Waals surface area contributed by atoms with E-state index in [-0.39, 0.29) is 11.8 Å². The van der Waals surface area contributed by atoms with E-state index in [0.717, 1.165) is 62.7 Å². The Balaban J connectivity index is 1.35. The molecule has 0 saturated carbocycles. The summed E-state index contributed by atoms with van der Waals surface area (Å²) in [5.41, 5.74) is 5.83. The van der Waals surface area contributed by atoms with Crippen molar-refractivity contribution in [3.05, 3.63) is 40.2 Å². The molecule has 1 amide bonds. The van der Waals surface area contributed by atoms with Crippen molar-refractivity contribution in [2.75, 3.05) is 19.6 Å². The molecule has 4 heterocycles. The number of rotatable bonds is 4. The molecule has 1 saturated heterocycles. The first-order chi connectivity index (χ1) is 13.9. The van der Waals surface area contributed by atoms with Crippen molar-refractivity contribution in [2.24, 2.45) is 5.92 Å². The first-order valence-electron chi connectivity index (χ1n) is 10.8. The number of carbonyl (C=O) groups is 1. The molecule has 2 aliphatic rings. The topological polar surface area (TPSA) is 75.9 Å². The van der Waals surface area contributed by atoms with E-state index in [0.29, 0.717) is 12.5 Å². The zero-order valence-electron chi connectivity index (χ0n) is 18.0. The van der Waals surface area contributed by atoms with E-state index < -0.39 is 0 Å². The first-order valence-corrected chi connectivity index (χ1v) is 10.8. The average Bonchev–Trinajstić information content (AvgIpc) is 2.99. The number of hydrogen-bond acceptors (Lipinski definition) is 5. The maximum absolute atomic E-state index is 13.0. The van der Waals surface area contributed by atoms with Gasteiger partial charge in [-0.3, -0.25) is 9.48 Å². The van der Waals surface area contributed by atoms with Crippen LogP contribution in [0.3, 0.4) is 0 Å². The Morgan fingerprint density at radius 2 is 2.03 bits per heavy atom. The van der Waals surface area contributed by atoms with Gasteiger partial charge in [0.2, 0.25) is 5.91 Å². The molecule has 2 aromatic heterocycles. The van der Waals surface area contributed by atoms with Gasteiger partial charge in [0.25, 0.3) is 0 Å². The second-order valence-electron chi connectivity index (χ2n) is 8.61. The number of aromatic nitrogens is 4. The summed E-state index contributed by atoms with van der Waals surface area (Å²) in [6, 6.07) is 0. The minimum atomic E-state index is -0.0727. The number of hydrogen-bond donors (Lipinski definition) is 1. The lowest BCUT2D eigenvalue weighted by atomic mass is 9.94. The van der Waals surface area contributed by atoms with E-state index in [1.54, 1.807) is 0 Å². The van der Waals surface area contributed by atoms with Crippen LogP contribution < -0.4 is 5.32 Å². The van der Waals surface area contributed by atoms with Crippen LogP contribution in [0.5, 0.6) is 0 Å². The predicted molar refractivity (Wildman–Crippen MR) is 112 cm³/mol. The highest BCUT2D eigenvalue weighted by atomic mass is 16.2. The van der Waals surface area contributed by atoms with Gasteiger partial charge in [0.15, 0.2) is 0 Å². The van der Waals surface area contributed by atoms with Gasteiger partial charge in [-0.05, 0) is 39.2 Å². The SMILES string of the molecule is Cc1nn(CC(C)C(=O)N2CCC(c3ncc4c(n3)CCNC4)CC2)c(C)c1C. The van der Waals surface area contributed by atoms with E-state index in [1.165, 1.54) is 16.8 Å². The van der Waals surface area contributed by atoms with Crippen LogP contribution in [0.1, 0.15) is 59.7 Å². The average molecular weight is 397 g/mol. The number of nitrogens with zero attached hydrogens (tertiary/aromatic N) is 5. The quantitative estimate of drug-likeness (QED) is 0.858. The van der Waals surface area contributed by atoms with Gasteiger partial charge >= 0.3 is 0 Å². The standard InChI is InChI=1S/C22H32N6O/c1-14(13-28-17(4)15(2)16(3)26-28)22(29)27-9-6-18(7-10-27)21-24-12-19-11-23-8-5-20(19)25-21/h12,14,18,23H,5-11,13H2,1-4H3. The highest BCUT2D eigenvalue weighted by molar-refractivity contribution is 5.78. The van der Waals surface area contributed by atoms with Gasteiger partial charge in [-0.2, -0.15) is 5.10 Å². The van der Waals surface area contributed by atoms with E-state index in [2.05, 4.69) is 29.2 Å². The fourth-order valence-corrected chi connectivity index (χ4v) is 4.42. The third kappa shape index (κ3) is 4.06. The van der Waals surface area contributed by atoms with Gasteiger partial charge in [0.1, 0.15) is 5.82 Å². The van der Waals surface area contributed by atoms with Crippen LogP contribution in [-0.4, -0.2) is 50.2 Å². The molecule has 0 aliphatic carbocycles. The van der Waals surface area contributed by atoms with Gasteiger partial charge < -0.3 is 10.2 Å². The largest absolute Gasteiger partial charge is 0.342 e. The molecule has 2 aliphatic heterocycles. The van der Waals surface area contributed by atoms with Crippen LogP contribution in [0, 0.1) is 26.7 Å². The summed E-state index contributed by atoms with van der Waals surface area (Å²) >= 11 is 0. The smallest absolute Gasteiger partial charge is 0.227 e. The van der Waals surface area contributed by atoms with Crippen molar-refractivity contribution < 1.29 is 4.79 Å². The van der Waals surface area contributed by atoms with Crippen LogP contribution in [0.15, 0.2) is 6.20 Å². The molecule has 156 valence electrons. The third-order valence-corrected chi connectivity index (χ3v) is 6.61. The number of fused-ring (bicyclic) bond motifs is 1. The minimum Gasteiger partial charge on any atom is -0.342 e. The number of nitrogens with one attached hydrogen (secondary N) is 1. The summed E-state index contributed by atoms with van der Waals surface area (Å²) in [6.45, 7) is 12.3. The predicted octanol–water partition coefficient (Wildman–Crippen LogP) is 2.29. The van der Waals surface area contributed by atoms with E-state index in [4.69, 9.17) is 4.98 Å². The first kappa shape index (κ1) is 20.0. The second-order valence-corrected chi connectivity index (χ2v) is 8.61. The lowest BCUT2D eigenvalue weighted by Gasteiger charge is -2.33. The Morgan fingerprint density at radius 1 is 1.28 bits per heavy atom. The molecule has 0 spiro atoms. The number of piperidine rings is 1. The Morgan fingerprint density at radius 3 is 2.72 bits per heavy atom. The molecule has 4 rings (SSSR count). The summed E-state index contributed by atoms with van der Waals surface area (Å²) in [7, 11) is 0. The van der Waals surface area contributed by atoms with Crippen molar-refractivity contribution >= 4 is 5.91 Å². The van der Waals surface area contributed by atoms with Gasteiger partial charge in [-0.1, -0.05) is 6.92 Å². The monoisotopic (exact) mass is 396 g/mol. The fourth-order valence-electron chi connectivity index (χ4n) is 4.42. The van der Waals surface area contributed by atoms with Gasteiger partial charge in [0.05, 0.1) is 18.2 Å². The van der Waals surface area contributed by atoms with E-state index in [1.807, 2.05) is 29.6 Å². The van der Waals surface area contributed by atoms with Crippen LogP contribution in [0.4, 0.5) is 0 Å². The molecule has 7 nitrogen and oxygen atoms in total. The van der Waals surface area contributed by atoms with Gasteiger partial charge in [-0.15, -0.1) is 0 Å². The van der Waals surface area contributed by atoms with Crippen molar-refractivity contribution in [1.82, 2.24) is 30.0 Å². The molecule has 1 atom stereocenters. The third-order valence-electron chi connectivity index (χ3n) is 6.61. The minimum absolute atomic E-state index is 0.0727. The molecule has 7 heteroatoms. The number of aryl methyl sites for hydroxylation is 1. The molecule has 0 radical (unpaired) electrons. The molecule has 1 unspecified atom stereocenters. The number of amides is 1. The molecule has 1 N–H and O–H groups in total. The zero-order chi connectivity index (χ0) is 20.5. The summed E-state index contributed by atoms with van der Waals surface area (Å²) < 4.78 is 1.98. The highest BCUT2D eigenvalue weighted by Gasteiger charge is 2.29. The van der Waals surface area contributed by atoms with E-state index >= 15 is 0 Å². The molecular formula is C22H32N6O. The molecular weight excluding hydrogens is 364 g/mol. The maximum atomic E-state index is 13.0. The number of carbonyl (C=O) groups excluding carboxylic acids is 1. The summed E-state index contributed by atoms with van der Waals surface area (Å²) in [4.78, 5) is 24.5.